The molecular weight excluding hydrogens is 218 g/mol. The van der Waals surface area contributed by atoms with Crippen LogP contribution in [-0.4, -0.2) is 33.3 Å². The van der Waals surface area contributed by atoms with Crippen LogP contribution in [0.25, 0.3) is 0 Å². The number of amides is 1. The van der Waals surface area contributed by atoms with E-state index in [1.54, 1.807) is 14.2 Å². The van der Waals surface area contributed by atoms with Crippen LogP contribution in [0.5, 0.6) is 5.75 Å². The summed E-state index contributed by atoms with van der Waals surface area (Å²) in [7, 11) is 3.17. The minimum Gasteiger partial charge on any atom is -0.496 e. The maximum Gasteiger partial charge on any atom is 0.255 e. The van der Waals surface area contributed by atoms with Crippen molar-refractivity contribution in [3.63, 3.8) is 0 Å². The average Bonchev–Trinajstić information content (AvgIpc) is 2.27. The van der Waals surface area contributed by atoms with Crippen molar-refractivity contribution in [3.8, 4) is 5.75 Å². The molecular formula is C13H19NO3. The third-order valence-electron chi connectivity index (χ3n) is 2.48. The first kappa shape index (κ1) is 13.5. The van der Waals surface area contributed by atoms with E-state index >= 15 is 0 Å². The highest BCUT2D eigenvalue weighted by Crippen LogP contribution is 2.23. The van der Waals surface area contributed by atoms with Crippen LogP contribution in [0.4, 0.5) is 0 Å². The summed E-state index contributed by atoms with van der Waals surface area (Å²) in [6.07, 6.45) is 0. The van der Waals surface area contributed by atoms with Gasteiger partial charge in [0.2, 0.25) is 0 Å². The van der Waals surface area contributed by atoms with Crippen LogP contribution < -0.4 is 10.1 Å². The van der Waals surface area contributed by atoms with E-state index in [9.17, 15) is 4.79 Å². The summed E-state index contributed by atoms with van der Waals surface area (Å²) < 4.78 is 10.1. The maximum absolute atomic E-state index is 12.0. The molecule has 1 N–H and O–H groups in total. The molecule has 94 valence electrons. The van der Waals surface area contributed by atoms with Crippen LogP contribution >= 0.6 is 0 Å². The van der Waals surface area contributed by atoms with Crippen LogP contribution in [0.15, 0.2) is 12.1 Å². The minimum absolute atomic E-state index is 0.128. The number of benzene rings is 1. The Hall–Kier alpha value is -1.55. The zero-order valence-corrected chi connectivity index (χ0v) is 10.8. The van der Waals surface area contributed by atoms with Gasteiger partial charge in [0.05, 0.1) is 19.3 Å². The van der Waals surface area contributed by atoms with Crippen LogP contribution in [0, 0.1) is 13.8 Å². The van der Waals surface area contributed by atoms with Crippen molar-refractivity contribution in [2.75, 3.05) is 27.4 Å². The molecule has 0 aromatic heterocycles. The predicted octanol–water partition coefficient (Wildman–Crippen LogP) is 1.69. The fraction of sp³-hybridized carbons (Fsp3) is 0.462. The van der Waals surface area contributed by atoms with Crippen molar-refractivity contribution in [1.82, 2.24) is 5.32 Å². The van der Waals surface area contributed by atoms with Crippen LogP contribution in [-0.2, 0) is 4.74 Å². The molecule has 17 heavy (non-hydrogen) atoms. The highest BCUT2D eigenvalue weighted by molar-refractivity contribution is 5.98. The molecule has 0 radical (unpaired) electrons. The molecule has 0 aliphatic rings. The number of rotatable bonds is 5. The second-order valence-electron chi connectivity index (χ2n) is 3.91. The minimum atomic E-state index is -0.128. The van der Waals surface area contributed by atoms with Gasteiger partial charge in [-0.1, -0.05) is 6.07 Å². The molecule has 0 aliphatic heterocycles. The van der Waals surface area contributed by atoms with E-state index in [2.05, 4.69) is 5.32 Å². The van der Waals surface area contributed by atoms with Crippen LogP contribution in [0.3, 0.4) is 0 Å². The molecule has 4 nitrogen and oxygen atoms in total. The molecule has 0 bridgehead atoms. The molecule has 4 heteroatoms. The number of methoxy groups -OCH3 is 2. The van der Waals surface area contributed by atoms with E-state index in [0.29, 0.717) is 24.5 Å². The van der Waals surface area contributed by atoms with Crippen molar-refractivity contribution >= 4 is 5.91 Å². The van der Waals surface area contributed by atoms with Gasteiger partial charge >= 0.3 is 0 Å². The normalized spacial score (nSPS) is 10.1. The summed E-state index contributed by atoms with van der Waals surface area (Å²) in [6, 6.07) is 3.83. The average molecular weight is 237 g/mol. The van der Waals surface area contributed by atoms with Crippen molar-refractivity contribution in [2.45, 2.75) is 13.8 Å². The van der Waals surface area contributed by atoms with Gasteiger partial charge in [0, 0.05) is 13.7 Å². The molecule has 1 rings (SSSR count). The van der Waals surface area contributed by atoms with Gasteiger partial charge in [0.25, 0.3) is 5.91 Å². The smallest absolute Gasteiger partial charge is 0.255 e. The number of hydrogen-bond donors (Lipinski definition) is 1. The van der Waals surface area contributed by atoms with E-state index < -0.39 is 0 Å². The third-order valence-corrected chi connectivity index (χ3v) is 2.48. The van der Waals surface area contributed by atoms with Gasteiger partial charge in [-0.15, -0.1) is 0 Å². The van der Waals surface area contributed by atoms with Gasteiger partial charge in [0.1, 0.15) is 5.75 Å². The molecule has 0 unspecified atom stereocenters. The molecule has 0 saturated carbocycles. The van der Waals surface area contributed by atoms with Crippen LogP contribution in [0.2, 0.25) is 0 Å². The van der Waals surface area contributed by atoms with Crippen molar-refractivity contribution in [2.24, 2.45) is 0 Å². The van der Waals surface area contributed by atoms with E-state index in [4.69, 9.17) is 9.47 Å². The highest BCUT2D eigenvalue weighted by atomic mass is 16.5. The number of ether oxygens (including phenoxy) is 2. The van der Waals surface area contributed by atoms with Crippen molar-refractivity contribution in [1.29, 1.82) is 0 Å². The van der Waals surface area contributed by atoms with Crippen molar-refractivity contribution in [3.05, 3.63) is 28.8 Å². The molecule has 0 atom stereocenters. The third kappa shape index (κ3) is 3.46. The lowest BCUT2D eigenvalue weighted by atomic mass is 10.0. The lowest BCUT2D eigenvalue weighted by Gasteiger charge is -2.12. The van der Waals surface area contributed by atoms with Gasteiger partial charge < -0.3 is 14.8 Å². The largest absolute Gasteiger partial charge is 0.496 e. The zero-order valence-electron chi connectivity index (χ0n) is 10.8. The van der Waals surface area contributed by atoms with Gasteiger partial charge in [-0.3, -0.25) is 4.79 Å². The standard InChI is InChI=1S/C13H19NO3/c1-9-7-10(2)12(11(8-9)17-4)13(15)14-5-6-16-3/h7-8H,5-6H2,1-4H3,(H,14,15). The Balaban J connectivity index is 2.92. The number of hydrogen-bond acceptors (Lipinski definition) is 3. The summed E-state index contributed by atoms with van der Waals surface area (Å²) in [5, 5.41) is 2.79. The van der Waals surface area contributed by atoms with E-state index in [1.165, 1.54) is 0 Å². The summed E-state index contributed by atoms with van der Waals surface area (Å²) in [6.45, 7) is 4.87. The van der Waals surface area contributed by atoms with Crippen LogP contribution in [0.1, 0.15) is 21.5 Å². The molecule has 0 fully saturated rings. The van der Waals surface area contributed by atoms with E-state index in [-0.39, 0.29) is 5.91 Å². The summed E-state index contributed by atoms with van der Waals surface area (Å²) in [4.78, 5) is 12.0. The number of carbonyl (C=O) groups is 1. The molecule has 0 heterocycles. The summed E-state index contributed by atoms with van der Waals surface area (Å²) >= 11 is 0. The monoisotopic (exact) mass is 237 g/mol. The van der Waals surface area contributed by atoms with Crippen molar-refractivity contribution < 1.29 is 14.3 Å². The SMILES string of the molecule is COCCNC(=O)c1c(C)cc(C)cc1OC. The fourth-order valence-electron chi connectivity index (χ4n) is 1.74. The summed E-state index contributed by atoms with van der Waals surface area (Å²) in [5.41, 5.74) is 2.58. The zero-order chi connectivity index (χ0) is 12.8. The lowest BCUT2D eigenvalue weighted by Crippen LogP contribution is -2.28. The van der Waals surface area contributed by atoms with E-state index in [0.717, 1.165) is 11.1 Å². The van der Waals surface area contributed by atoms with Gasteiger partial charge in [-0.25, -0.2) is 0 Å². The predicted molar refractivity (Wildman–Crippen MR) is 66.7 cm³/mol. The van der Waals surface area contributed by atoms with E-state index in [1.807, 2.05) is 26.0 Å². The number of aryl methyl sites for hydroxylation is 2. The lowest BCUT2D eigenvalue weighted by molar-refractivity contribution is 0.0933. The highest BCUT2D eigenvalue weighted by Gasteiger charge is 2.15. The Morgan fingerprint density at radius 3 is 2.59 bits per heavy atom. The quantitative estimate of drug-likeness (QED) is 0.793. The molecule has 0 spiro atoms. The Morgan fingerprint density at radius 2 is 2.00 bits per heavy atom. The topological polar surface area (TPSA) is 47.6 Å². The number of carbonyl (C=O) groups excluding carboxylic acids is 1. The molecule has 1 aromatic rings. The van der Waals surface area contributed by atoms with Gasteiger partial charge in [0.15, 0.2) is 0 Å². The Morgan fingerprint density at radius 1 is 1.29 bits per heavy atom. The molecule has 1 amide bonds. The molecule has 0 aliphatic carbocycles. The Labute approximate surface area is 102 Å². The molecule has 1 aromatic carbocycles. The van der Waals surface area contributed by atoms with Gasteiger partial charge in [-0.05, 0) is 31.0 Å². The first-order valence-electron chi connectivity index (χ1n) is 5.52. The first-order chi connectivity index (χ1) is 8.10. The second-order valence-corrected chi connectivity index (χ2v) is 3.91. The number of nitrogens with one attached hydrogen (secondary N) is 1. The first-order valence-corrected chi connectivity index (χ1v) is 5.52. The maximum atomic E-state index is 12.0. The Kier molecular flexibility index (Phi) is 4.97. The van der Waals surface area contributed by atoms with Gasteiger partial charge in [-0.2, -0.15) is 0 Å². The Bertz CT molecular complexity index is 402. The second kappa shape index (κ2) is 6.25. The fourth-order valence-corrected chi connectivity index (χ4v) is 1.74. The molecule has 0 saturated heterocycles. The summed E-state index contributed by atoms with van der Waals surface area (Å²) in [5.74, 6) is 0.480.